The highest BCUT2D eigenvalue weighted by Gasteiger charge is 2.22. The smallest absolute Gasteiger partial charge is 0.233 e. The second-order valence-corrected chi connectivity index (χ2v) is 6.61. The van der Waals surface area contributed by atoms with Crippen LogP contribution in [0, 0.1) is 0 Å². The van der Waals surface area contributed by atoms with Crippen LogP contribution in [0.3, 0.4) is 0 Å². The molecule has 0 N–H and O–H groups in total. The van der Waals surface area contributed by atoms with Crippen LogP contribution in [0.2, 0.25) is 10.0 Å². The van der Waals surface area contributed by atoms with Crippen LogP contribution in [0.25, 0.3) is 0 Å². The fourth-order valence-electron chi connectivity index (χ4n) is 2.09. The van der Waals surface area contributed by atoms with Crippen LogP contribution in [-0.4, -0.2) is 53.5 Å². The maximum Gasteiger partial charge on any atom is 0.233 e. The minimum absolute atomic E-state index is 0.0549. The van der Waals surface area contributed by atoms with E-state index in [0.717, 1.165) is 4.90 Å². The third-order valence-electron chi connectivity index (χ3n) is 3.32. The Kier molecular flexibility index (Phi) is 5.79. The second kappa shape index (κ2) is 7.38. The van der Waals surface area contributed by atoms with Crippen molar-refractivity contribution in [2.24, 2.45) is 0 Å². The highest BCUT2D eigenvalue weighted by molar-refractivity contribution is 8.00. The summed E-state index contributed by atoms with van der Waals surface area (Å²) in [4.78, 5) is 27.8. The van der Waals surface area contributed by atoms with Crippen molar-refractivity contribution in [1.29, 1.82) is 0 Å². The normalized spacial score (nSPS) is 15.2. The van der Waals surface area contributed by atoms with Crippen LogP contribution < -0.4 is 0 Å². The van der Waals surface area contributed by atoms with Crippen LogP contribution >= 0.6 is 35.0 Å². The van der Waals surface area contributed by atoms with E-state index < -0.39 is 0 Å². The summed E-state index contributed by atoms with van der Waals surface area (Å²) in [6.45, 7) is 3.92. The predicted octanol–water partition coefficient (Wildman–Crippen LogP) is 2.78. The average molecular weight is 347 g/mol. The molecule has 21 heavy (non-hydrogen) atoms. The number of carbonyl (C=O) groups is 2. The van der Waals surface area contributed by atoms with Gasteiger partial charge in [-0.05, 0) is 18.2 Å². The Labute approximate surface area is 138 Å². The zero-order valence-electron chi connectivity index (χ0n) is 11.6. The number of hydrogen-bond donors (Lipinski definition) is 0. The highest BCUT2D eigenvalue weighted by atomic mass is 35.5. The lowest BCUT2D eigenvalue weighted by Gasteiger charge is -2.34. The van der Waals surface area contributed by atoms with Gasteiger partial charge in [0.25, 0.3) is 0 Å². The molecule has 114 valence electrons. The van der Waals surface area contributed by atoms with E-state index in [1.54, 1.807) is 34.9 Å². The van der Waals surface area contributed by atoms with Gasteiger partial charge in [0.15, 0.2) is 0 Å². The average Bonchev–Trinajstić information content (AvgIpc) is 2.48. The molecular formula is C14H16Cl2N2O2S. The molecule has 0 atom stereocenters. The van der Waals surface area contributed by atoms with E-state index in [1.807, 2.05) is 0 Å². The molecule has 0 spiro atoms. The molecule has 0 unspecified atom stereocenters. The van der Waals surface area contributed by atoms with Crippen LogP contribution in [0.4, 0.5) is 0 Å². The van der Waals surface area contributed by atoms with Crippen molar-refractivity contribution < 1.29 is 9.59 Å². The number of nitrogens with zero attached hydrogens (tertiary/aromatic N) is 2. The summed E-state index contributed by atoms with van der Waals surface area (Å²) in [7, 11) is 0. The van der Waals surface area contributed by atoms with Gasteiger partial charge in [-0.15, -0.1) is 11.8 Å². The van der Waals surface area contributed by atoms with Crippen molar-refractivity contribution in [1.82, 2.24) is 9.80 Å². The molecule has 1 aromatic carbocycles. The molecular weight excluding hydrogens is 331 g/mol. The maximum absolute atomic E-state index is 12.2. The summed E-state index contributed by atoms with van der Waals surface area (Å²) in [5, 5.41) is 1.20. The van der Waals surface area contributed by atoms with E-state index in [4.69, 9.17) is 23.2 Å². The van der Waals surface area contributed by atoms with Gasteiger partial charge in [0, 0.05) is 43.0 Å². The monoisotopic (exact) mass is 346 g/mol. The minimum atomic E-state index is 0.0549. The third-order valence-corrected chi connectivity index (χ3v) is 5.04. The van der Waals surface area contributed by atoms with Crippen molar-refractivity contribution in [2.45, 2.75) is 11.8 Å². The molecule has 1 heterocycles. The van der Waals surface area contributed by atoms with Crippen molar-refractivity contribution >= 4 is 46.8 Å². The summed E-state index contributed by atoms with van der Waals surface area (Å²) < 4.78 is 0. The number of hydrogen-bond acceptors (Lipinski definition) is 3. The first-order valence-corrected chi connectivity index (χ1v) is 8.32. The molecule has 2 rings (SSSR count). The number of piperazine rings is 1. The van der Waals surface area contributed by atoms with Gasteiger partial charge < -0.3 is 9.80 Å². The van der Waals surface area contributed by atoms with Crippen molar-refractivity contribution in [3.8, 4) is 0 Å². The zero-order valence-corrected chi connectivity index (χ0v) is 14.0. The van der Waals surface area contributed by atoms with Gasteiger partial charge >= 0.3 is 0 Å². The van der Waals surface area contributed by atoms with E-state index in [-0.39, 0.29) is 11.8 Å². The molecule has 4 nitrogen and oxygen atoms in total. The van der Waals surface area contributed by atoms with E-state index in [2.05, 4.69) is 0 Å². The number of thioether (sulfide) groups is 1. The number of rotatable bonds is 3. The molecule has 1 fully saturated rings. The zero-order chi connectivity index (χ0) is 15.4. The largest absolute Gasteiger partial charge is 0.339 e. The van der Waals surface area contributed by atoms with Gasteiger partial charge in [0.2, 0.25) is 11.8 Å². The van der Waals surface area contributed by atoms with Gasteiger partial charge in [0.1, 0.15) is 0 Å². The lowest BCUT2D eigenvalue weighted by atomic mass is 10.3. The van der Waals surface area contributed by atoms with E-state index in [1.165, 1.54) is 11.8 Å². The number of benzene rings is 1. The number of halogens is 2. The van der Waals surface area contributed by atoms with Gasteiger partial charge in [-0.1, -0.05) is 23.2 Å². The summed E-state index contributed by atoms with van der Waals surface area (Å²) >= 11 is 13.4. The molecule has 0 saturated carbocycles. The standard InChI is InChI=1S/C14H16Cl2N2O2S/c1-10(19)17-4-6-18(7-5-17)14(20)9-21-13-8-11(15)2-3-12(13)16/h2-3,8H,4-7,9H2,1H3. The van der Waals surface area contributed by atoms with Gasteiger partial charge in [0.05, 0.1) is 10.8 Å². The Balaban J connectivity index is 1.85. The summed E-state index contributed by atoms with van der Waals surface area (Å²) in [5.41, 5.74) is 0. The molecule has 7 heteroatoms. The van der Waals surface area contributed by atoms with E-state index in [0.29, 0.717) is 42.0 Å². The van der Waals surface area contributed by atoms with Crippen molar-refractivity contribution in [3.63, 3.8) is 0 Å². The molecule has 1 aliphatic heterocycles. The molecule has 0 aromatic heterocycles. The maximum atomic E-state index is 12.2. The van der Waals surface area contributed by atoms with Crippen LogP contribution in [0.1, 0.15) is 6.92 Å². The van der Waals surface area contributed by atoms with E-state index in [9.17, 15) is 9.59 Å². The quantitative estimate of drug-likeness (QED) is 0.790. The fourth-order valence-corrected chi connectivity index (χ4v) is 3.49. The van der Waals surface area contributed by atoms with Crippen LogP contribution in [0.15, 0.2) is 23.1 Å². The number of carbonyl (C=O) groups excluding carboxylic acids is 2. The summed E-state index contributed by atoms with van der Waals surface area (Å²) in [6.07, 6.45) is 0. The van der Waals surface area contributed by atoms with Gasteiger partial charge in [-0.3, -0.25) is 9.59 Å². The molecule has 1 aromatic rings. The summed E-state index contributed by atoms with van der Waals surface area (Å²) in [6, 6.07) is 5.20. The Morgan fingerprint density at radius 2 is 1.76 bits per heavy atom. The Morgan fingerprint density at radius 3 is 2.38 bits per heavy atom. The molecule has 1 aliphatic rings. The SMILES string of the molecule is CC(=O)N1CCN(C(=O)CSc2cc(Cl)ccc2Cl)CC1. The topological polar surface area (TPSA) is 40.6 Å². The second-order valence-electron chi connectivity index (χ2n) is 4.75. The molecule has 1 saturated heterocycles. The molecule has 0 aliphatic carbocycles. The Morgan fingerprint density at radius 1 is 1.14 bits per heavy atom. The van der Waals surface area contributed by atoms with Gasteiger partial charge in [-0.25, -0.2) is 0 Å². The Hall–Kier alpha value is -0.910. The molecule has 2 amide bonds. The first-order chi connectivity index (χ1) is 9.97. The summed E-state index contributed by atoms with van der Waals surface area (Å²) in [5.74, 6) is 0.432. The Bertz CT molecular complexity index is 546. The van der Waals surface area contributed by atoms with Crippen LogP contribution in [0.5, 0.6) is 0 Å². The first-order valence-electron chi connectivity index (χ1n) is 6.58. The molecule has 0 radical (unpaired) electrons. The predicted molar refractivity (Wildman–Crippen MR) is 86.0 cm³/mol. The van der Waals surface area contributed by atoms with Crippen molar-refractivity contribution in [2.75, 3.05) is 31.9 Å². The van der Waals surface area contributed by atoms with Crippen LogP contribution in [-0.2, 0) is 9.59 Å². The highest BCUT2D eigenvalue weighted by Crippen LogP contribution is 2.30. The fraction of sp³-hybridized carbons (Fsp3) is 0.429. The molecule has 0 bridgehead atoms. The van der Waals surface area contributed by atoms with E-state index >= 15 is 0 Å². The van der Waals surface area contributed by atoms with Crippen molar-refractivity contribution in [3.05, 3.63) is 28.2 Å². The number of amides is 2. The first kappa shape index (κ1) is 16.5. The van der Waals surface area contributed by atoms with Gasteiger partial charge in [-0.2, -0.15) is 0 Å². The minimum Gasteiger partial charge on any atom is -0.339 e. The lowest BCUT2D eigenvalue weighted by Crippen LogP contribution is -2.50. The third kappa shape index (κ3) is 4.53. The lowest BCUT2D eigenvalue weighted by molar-refractivity contribution is -0.136.